The van der Waals surface area contributed by atoms with Crippen molar-refractivity contribution in [2.75, 3.05) is 18.0 Å². The van der Waals surface area contributed by atoms with E-state index in [4.69, 9.17) is 0 Å². The van der Waals surface area contributed by atoms with Crippen molar-refractivity contribution in [2.45, 2.75) is 38.3 Å². The molecule has 1 N–H and O–H groups in total. The first kappa shape index (κ1) is 17.8. The van der Waals surface area contributed by atoms with Crippen molar-refractivity contribution in [1.82, 2.24) is 5.32 Å². The van der Waals surface area contributed by atoms with E-state index in [-0.39, 0.29) is 5.91 Å². The van der Waals surface area contributed by atoms with Gasteiger partial charge < -0.3 is 10.2 Å². The van der Waals surface area contributed by atoms with Crippen molar-refractivity contribution in [1.29, 1.82) is 0 Å². The van der Waals surface area contributed by atoms with Crippen LogP contribution >= 0.6 is 0 Å². The quantitative estimate of drug-likeness (QED) is 0.907. The highest BCUT2D eigenvalue weighted by Crippen LogP contribution is 2.36. The number of benzene rings is 1. The molecule has 3 rings (SSSR count). The minimum Gasteiger partial charge on any atom is -0.347 e. The number of nitrogens with one attached hydrogen (secondary N) is 1. The van der Waals surface area contributed by atoms with Crippen molar-refractivity contribution in [3.05, 3.63) is 29.8 Å². The highest BCUT2D eigenvalue weighted by molar-refractivity contribution is 5.99. The van der Waals surface area contributed by atoms with Crippen molar-refractivity contribution in [3.63, 3.8) is 0 Å². The second-order valence-corrected chi connectivity index (χ2v) is 6.70. The van der Waals surface area contributed by atoms with Crippen LogP contribution in [0.3, 0.4) is 0 Å². The fourth-order valence-corrected chi connectivity index (χ4v) is 3.83. The topological polar surface area (TPSA) is 49.4 Å². The summed E-state index contributed by atoms with van der Waals surface area (Å²) in [5.74, 6) is -2.04. The maximum atomic E-state index is 13.0. The number of rotatable bonds is 3. The zero-order chi connectivity index (χ0) is 18.0. The third-order valence-electron chi connectivity index (χ3n) is 5.04. The molecule has 7 heteroatoms. The van der Waals surface area contributed by atoms with Crippen LogP contribution in [0, 0.1) is 11.8 Å². The van der Waals surface area contributed by atoms with Gasteiger partial charge in [-0.05, 0) is 30.9 Å². The molecule has 1 aromatic rings. The Balaban J connectivity index is 1.73. The number of carbonyl (C=O) groups is 2. The van der Waals surface area contributed by atoms with E-state index in [0.717, 1.165) is 30.5 Å². The summed E-state index contributed by atoms with van der Waals surface area (Å²) in [4.78, 5) is 26.9. The molecule has 1 aromatic carbocycles. The molecule has 0 unspecified atom stereocenters. The summed E-state index contributed by atoms with van der Waals surface area (Å²) >= 11 is 0. The molecular weight excluding hydrogens is 333 g/mol. The third kappa shape index (κ3) is 3.96. The lowest BCUT2D eigenvalue weighted by Gasteiger charge is -2.32. The summed E-state index contributed by atoms with van der Waals surface area (Å²) in [5, 5.41) is 1.95. The van der Waals surface area contributed by atoms with E-state index < -0.39 is 30.5 Å². The molecule has 2 atom stereocenters. The Kier molecular flexibility index (Phi) is 5.01. The number of alkyl halides is 3. The maximum Gasteiger partial charge on any atom is 0.405 e. The Morgan fingerprint density at radius 1 is 1.12 bits per heavy atom. The summed E-state index contributed by atoms with van der Waals surface area (Å²) in [6.45, 7) is -0.790. The normalized spacial score (nSPS) is 23.2. The highest BCUT2D eigenvalue weighted by atomic mass is 19.4. The molecule has 1 heterocycles. The van der Waals surface area contributed by atoms with Crippen molar-refractivity contribution in [2.24, 2.45) is 11.8 Å². The van der Waals surface area contributed by atoms with Gasteiger partial charge in [-0.15, -0.1) is 0 Å². The van der Waals surface area contributed by atoms with E-state index in [1.165, 1.54) is 0 Å². The molecule has 4 nitrogen and oxygen atoms in total. The largest absolute Gasteiger partial charge is 0.405 e. The molecule has 1 aliphatic carbocycles. The van der Waals surface area contributed by atoms with Crippen LogP contribution in [0.2, 0.25) is 0 Å². The number of hydrogen-bond acceptors (Lipinski definition) is 2. The summed E-state index contributed by atoms with van der Waals surface area (Å²) in [5.41, 5.74) is 1.94. The Morgan fingerprint density at radius 2 is 1.80 bits per heavy atom. The molecule has 1 saturated carbocycles. The predicted octanol–water partition coefficient (Wildman–Crippen LogP) is 3.06. The van der Waals surface area contributed by atoms with Gasteiger partial charge in [0, 0.05) is 18.2 Å². The van der Waals surface area contributed by atoms with Crippen LogP contribution in [0.15, 0.2) is 24.3 Å². The maximum absolute atomic E-state index is 13.0. The van der Waals surface area contributed by atoms with E-state index in [1.54, 1.807) is 4.90 Å². The molecule has 1 fully saturated rings. The minimum atomic E-state index is -4.45. The molecule has 0 saturated heterocycles. The molecule has 2 amide bonds. The Hall–Kier alpha value is -2.05. The van der Waals surface area contributed by atoms with Gasteiger partial charge in [-0.25, -0.2) is 0 Å². The van der Waals surface area contributed by atoms with Crippen LogP contribution in [0.4, 0.5) is 18.9 Å². The number of fused-ring (bicyclic) bond motifs is 1. The minimum absolute atomic E-state index is 0.142. The number of halogens is 3. The number of amides is 2. The second kappa shape index (κ2) is 7.06. The van der Waals surface area contributed by atoms with Gasteiger partial charge in [0.05, 0.1) is 5.92 Å². The lowest BCUT2D eigenvalue weighted by atomic mass is 9.77. The molecule has 0 spiro atoms. The van der Waals surface area contributed by atoms with Crippen molar-refractivity contribution >= 4 is 17.5 Å². The number of hydrogen-bond donors (Lipinski definition) is 1. The zero-order valence-electron chi connectivity index (χ0n) is 13.8. The van der Waals surface area contributed by atoms with Gasteiger partial charge in [0.1, 0.15) is 6.54 Å². The highest BCUT2D eigenvalue weighted by Gasteiger charge is 2.40. The van der Waals surface area contributed by atoms with Gasteiger partial charge in [0.15, 0.2) is 0 Å². The number of anilines is 1. The van der Waals surface area contributed by atoms with Crippen LogP contribution in [0.5, 0.6) is 0 Å². The standard InChI is InChI=1S/C18H21F3N2O2/c19-18(20,21)11-22-16(24)13-6-2-3-7-14(13)17(25)23-10-9-12-5-1-4-8-15(12)23/h1,4-5,8,13-14H,2-3,6-7,9-11H2,(H,22,24)/t13-,14-/m0/s1. The zero-order valence-corrected chi connectivity index (χ0v) is 13.8. The van der Waals surface area contributed by atoms with Gasteiger partial charge in [0.2, 0.25) is 11.8 Å². The lowest BCUT2D eigenvalue weighted by Crippen LogP contribution is -2.46. The van der Waals surface area contributed by atoms with Gasteiger partial charge in [-0.2, -0.15) is 13.2 Å². The molecule has 1 aliphatic heterocycles. The monoisotopic (exact) mass is 354 g/mol. The van der Waals surface area contributed by atoms with Gasteiger partial charge >= 0.3 is 6.18 Å². The van der Waals surface area contributed by atoms with E-state index in [9.17, 15) is 22.8 Å². The first-order valence-electron chi connectivity index (χ1n) is 8.60. The lowest BCUT2D eigenvalue weighted by molar-refractivity contribution is -0.144. The van der Waals surface area contributed by atoms with E-state index in [0.29, 0.717) is 19.4 Å². The molecular formula is C18H21F3N2O2. The van der Waals surface area contributed by atoms with Crippen molar-refractivity contribution in [3.8, 4) is 0 Å². The van der Waals surface area contributed by atoms with Crippen LogP contribution in [0.25, 0.3) is 0 Å². The Bertz CT molecular complexity index is 660. The molecule has 25 heavy (non-hydrogen) atoms. The fraction of sp³-hybridized carbons (Fsp3) is 0.556. The Morgan fingerprint density at radius 3 is 2.52 bits per heavy atom. The molecule has 2 aliphatic rings. The average molecular weight is 354 g/mol. The second-order valence-electron chi connectivity index (χ2n) is 6.70. The molecule has 0 aromatic heterocycles. The SMILES string of the molecule is O=C(NCC(F)(F)F)[C@H]1CCCC[C@@H]1C(=O)N1CCc2ccccc21. The summed E-state index contributed by atoms with van der Waals surface area (Å²) < 4.78 is 37.1. The Labute approximate surface area is 144 Å². The smallest absolute Gasteiger partial charge is 0.347 e. The van der Waals surface area contributed by atoms with Crippen LogP contribution < -0.4 is 10.2 Å². The van der Waals surface area contributed by atoms with Gasteiger partial charge in [-0.1, -0.05) is 31.0 Å². The van der Waals surface area contributed by atoms with Crippen LogP contribution in [-0.4, -0.2) is 31.1 Å². The summed E-state index contributed by atoms with van der Waals surface area (Å²) in [6.07, 6.45) is -1.12. The van der Waals surface area contributed by atoms with E-state index in [1.807, 2.05) is 29.6 Å². The van der Waals surface area contributed by atoms with Crippen LogP contribution in [0.1, 0.15) is 31.2 Å². The summed E-state index contributed by atoms with van der Waals surface area (Å²) in [6, 6.07) is 7.62. The van der Waals surface area contributed by atoms with Crippen LogP contribution in [-0.2, 0) is 16.0 Å². The van der Waals surface area contributed by atoms with Gasteiger partial charge in [-0.3, -0.25) is 9.59 Å². The van der Waals surface area contributed by atoms with Crippen molar-refractivity contribution < 1.29 is 22.8 Å². The number of carbonyl (C=O) groups excluding carboxylic acids is 2. The van der Waals surface area contributed by atoms with Gasteiger partial charge in [0.25, 0.3) is 0 Å². The number of para-hydroxylation sites is 1. The average Bonchev–Trinajstić information content (AvgIpc) is 3.02. The first-order valence-corrected chi connectivity index (χ1v) is 8.60. The molecule has 0 radical (unpaired) electrons. The van der Waals surface area contributed by atoms with E-state index in [2.05, 4.69) is 0 Å². The summed E-state index contributed by atoms with van der Waals surface area (Å²) in [7, 11) is 0. The fourth-order valence-electron chi connectivity index (χ4n) is 3.83. The molecule has 0 bridgehead atoms. The predicted molar refractivity (Wildman–Crippen MR) is 87.0 cm³/mol. The third-order valence-corrected chi connectivity index (χ3v) is 5.04. The molecule has 136 valence electrons. The first-order chi connectivity index (χ1) is 11.9. The number of nitrogens with zero attached hydrogens (tertiary/aromatic N) is 1. The van der Waals surface area contributed by atoms with E-state index >= 15 is 0 Å².